The Bertz CT molecular complexity index is 470. The molecule has 2 heterocycles. The average Bonchev–Trinajstić information content (AvgIpc) is 2.92. The molecular weight excluding hydrogens is 244 g/mol. The molecule has 0 saturated carbocycles. The van der Waals surface area contributed by atoms with Gasteiger partial charge in [-0.1, -0.05) is 19.4 Å². The molecule has 18 heavy (non-hydrogen) atoms. The molecule has 2 aromatic heterocycles. The molecule has 0 spiro atoms. The lowest BCUT2D eigenvalue weighted by molar-refractivity contribution is 0.684. The van der Waals surface area contributed by atoms with Crippen molar-refractivity contribution < 1.29 is 0 Å². The number of aromatic nitrogens is 2. The van der Waals surface area contributed by atoms with Crippen LogP contribution in [0.4, 0.5) is 11.6 Å². The fourth-order valence-electron chi connectivity index (χ4n) is 1.82. The third kappa shape index (κ3) is 3.20. The second-order valence-corrected chi connectivity index (χ2v) is 5.02. The summed E-state index contributed by atoms with van der Waals surface area (Å²) in [5.41, 5.74) is 0. The van der Waals surface area contributed by atoms with Crippen LogP contribution in [0.5, 0.6) is 0 Å². The Labute approximate surface area is 111 Å². The molecule has 0 aliphatic heterocycles. The van der Waals surface area contributed by atoms with E-state index < -0.39 is 0 Å². The van der Waals surface area contributed by atoms with Crippen LogP contribution in [0.3, 0.4) is 0 Å². The highest BCUT2D eigenvalue weighted by molar-refractivity contribution is 7.10. The maximum absolute atomic E-state index is 4.26. The molecule has 0 bridgehead atoms. The summed E-state index contributed by atoms with van der Waals surface area (Å²) in [6.45, 7) is 2.20. The van der Waals surface area contributed by atoms with Crippen molar-refractivity contribution in [2.45, 2.75) is 25.8 Å². The summed E-state index contributed by atoms with van der Waals surface area (Å²) in [6, 6.07) is 6.51. The van der Waals surface area contributed by atoms with Gasteiger partial charge in [-0.2, -0.15) is 0 Å². The van der Waals surface area contributed by atoms with Gasteiger partial charge in [0.15, 0.2) is 0 Å². The Morgan fingerprint density at radius 3 is 2.83 bits per heavy atom. The first kappa shape index (κ1) is 12.8. The van der Waals surface area contributed by atoms with E-state index in [1.165, 1.54) is 4.88 Å². The highest BCUT2D eigenvalue weighted by atomic mass is 32.1. The van der Waals surface area contributed by atoms with Crippen LogP contribution in [0.15, 0.2) is 29.9 Å². The summed E-state index contributed by atoms with van der Waals surface area (Å²) in [4.78, 5) is 9.72. The van der Waals surface area contributed by atoms with Crippen LogP contribution in [0.1, 0.15) is 30.7 Å². The van der Waals surface area contributed by atoms with E-state index in [9.17, 15) is 0 Å². The number of nitrogens with zero attached hydrogens (tertiary/aromatic N) is 2. The van der Waals surface area contributed by atoms with Gasteiger partial charge in [0, 0.05) is 18.0 Å². The molecule has 0 amide bonds. The van der Waals surface area contributed by atoms with Crippen molar-refractivity contribution in [2.24, 2.45) is 0 Å². The summed E-state index contributed by atoms with van der Waals surface area (Å²) in [5.74, 6) is 1.69. The van der Waals surface area contributed by atoms with E-state index in [0.29, 0.717) is 6.04 Å². The minimum atomic E-state index is 0.328. The Morgan fingerprint density at radius 2 is 2.17 bits per heavy atom. The Morgan fingerprint density at radius 1 is 1.33 bits per heavy atom. The molecule has 0 aromatic carbocycles. The van der Waals surface area contributed by atoms with Gasteiger partial charge in [0.2, 0.25) is 0 Å². The van der Waals surface area contributed by atoms with Gasteiger partial charge >= 0.3 is 0 Å². The highest BCUT2D eigenvalue weighted by Crippen LogP contribution is 2.27. The predicted octanol–water partition coefficient (Wildman–Crippen LogP) is 3.53. The first-order chi connectivity index (χ1) is 8.83. The lowest BCUT2D eigenvalue weighted by atomic mass is 10.1. The Hall–Kier alpha value is -1.62. The Kier molecular flexibility index (Phi) is 4.52. The number of hydrogen-bond donors (Lipinski definition) is 2. The standard InChI is InChI=1S/C13H18N4S/c1-3-5-10(11-6-4-7-18-11)17-13-8-12(14-2)15-9-16-13/h4,6-10H,3,5H2,1-2H3,(H2,14,15,16,17). The molecule has 4 nitrogen and oxygen atoms in total. The van der Waals surface area contributed by atoms with Crippen LogP contribution in [-0.2, 0) is 0 Å². The quantitative estimate of drug-likeness (QED) is 0.836. The number of anilines is 2. The van der Waals surface area contributed by atoms with Gasteiger partial charge in [0.25, 0.3) is 0 Å². The molecule has 0 radical (unpaired) electrons. The summed E-state index contributed by atoms with van der Waals surface area (Å²) in [6.07, 6.45) is 3.81. The molecule has 0 saturated heterocycles. The molecular formula is C13H18N4S. The second-order valence-electron chi connectivity index (χ2n) is 4.04. The third-order valence-corrected chi connectivity index (χ3v) is 3.70. The van der Waals surface area contributed by atoms with E-state index in [2.05, 4.69) is 45.0 Å². The summed E-state index contributed by atoms with van der Waals surface area (Å²) >= 11 is 1.78. The zero-order valence-electron chi connectivity index (χ0n) is 10.7. The van der Waals surface area contributed by atoms with E-state index >= 15 is 0 Å². The molecule has 2 aromatic rings. The van der Waals surface area contributed by atoms with Crippen LogP contribution in [-0.4, -0.2) is 17.0 Å². The molecule has 1 atom stereocenters. The van der Waals surface area contributed by atoms with Crippen molar-refractivity contribution in [3.8, 4) is 0 Å². The van der Waals surface area contributed by atoms with Crippen LogP contribution >= 0.6 is 11.3 Å². The van der Waals surface area contributed by atoms with E-state index in [-0.39, 0.29) is 0 Å². The van der Waals surface area contributed by atoms with Crippen LogP contribution < -0.4 is 10.6 Å². The van der Waals surface area contributed by atoms with Crippen molar-refractivity contribution in [1.82, 2.24) is 9.97 Å². The first-order valence-electron chi connectivity index (χ1n) is 6.13. The van der Waals surface area contributed by atoms with E-state index in [1.54, 1.807) is 17.7 Å². The van der Waals surface area contributed by atoms with E-state index in [1.807, 2.05) is 13.1 Å². The summed E-state index contributed by atoms with van der Waals surface area (Å²) in [5, 5.41) is 8.61. The van der Waals surface area contributed by atoms with Crippen molar-refractivity contribution in [2.75, 3.05) is 17.7 Å². The fourth-order valence-corrected chi connectivity index (χ4v) is 2.63. The van der Waals surface area contributed by atoms with Gasteiger partial charge < -0.3 is 10.6 Å². The molecule has 0 fully saturated rings. The molecule has 96 valence electrons. The van der Waals surface area contributed by atoms with Crippen LogP contribution in [0.2, 0.25) is 0 Å². The Balaban J connectivity index is 2.13. The predicted molar refractivity (Wildman–Crippen MR) is 77.2 cm³/mol. The van der Waals surface area contributed by atoms with Gasteiger partial charge in [-0.15, -0.1) is 11.3 Å². The van der Waals surface area contributed by atoms with Crippen molar-refractivity contribution >= 4 is 23.0 Å². The van der Waals surface area contributed by atoms with Crippen molar-refractivity contribution in [1.29, 1.82) is 0 Å². The van der Waals surface area contributed by atoms with E-state index in [4.69, 9.17) is 0 Å². The van der Waals surface area contributed by atoms with Crippen LogP contribution in [0, 0.1) is 0 Å². The number of hydrogen-bond acceptors (Lipinski definition) is 5. The van der Waals surface area contributed by atoms with Gasteiger partial charge in [-0.05, 0) is 17.9 Å². The normalized spacial score (nSPS) is 12.1. The highest BCUT2D eigenvalue weighted by Gasteiger charge is 2.12. The van der Waals surface area contributed by atoms with Crippen molar-refractivity contribution in [3.05, 3.63) is 34.8 Å². The molecule has 0 aliphatic carbocycles. The zero-order chi connectivity index (χ0) is 12.8. The molecule has 5 heteroatoms. The number of nitrogens with one attached hydrogen (secondary N) is 2. The average molecular weight is 262 g/mol. The monoisotopic (exact) mass is 262 g/mol. The minimum absolute atomic E-state index is 0.328. The van der Waals surface area contributed by atoms with E-state index in [0.717, 1.165) is 24.5 Å². The first-order valence-corrected chi connectivity index (χ1v) is 7.01. The summed E-state index contributed by atoms with van der Waals surface area (Å²) < 4.78 is 0. The SMILES string of the molecule is CCCC(Nc1cc(NC)ncn1)c1cccs1. The molecule has 2 N–H and O–H groups in total. The number of rotatable bonds is 6. The van der Waals surface area contributed by atoms with Gasteiger partial charge in [-0.25, -0.2) is 9.97 Å². The smallest absolute Gasteiger partial charge is 0.131 e. The van der Waals surface area contributed by atoms with Gasteiger partial charge in [0.05, 0.1) is 6.04 Å². The zero-order valence-corrected chi connectivity index (χ0v) is 11.5. The third-order valence-electron chi connectivity index (χ3n) is 2.71. The number of thiophene rings is 1. The molecule has 2 rings (SSSR count). The van der Waals surface area contributed by atoms with Gasteiger partial charge in [-0.3, -0.25) is 0 Å². The second kappa shape index (κ2) is 6.35. The van der Waals surface area contributed by atoms with Crippen LogP contribution in [0.25, 0.3) is 0 Å². The maximum Gasteiger partial charge on any atom is 0.131 e. The van der Waals surface area contributed by atoms with Gasteiger partial charge in [0.1, 0.15) is 18.0 Å². The summed E-state index contributed by atoms with van der Waals surface area (Å²) in [7, 11) is 1.86. The fraction of sp³-hybridized carbons (Fsp3) is 0.385. The largest absolute Gasteiger partial charge is 0.373 e. The topological polar surface area (TPSA) is 49.8 Å². The molecule has 0 aliphatic rings. The van der Waals surface area contributed by atoms with Crippen molar-refractivity contribution in [3.63, 3.8) is 0 Å². The maximum atomic E-state index is 4.26. The molecule has 1 unspecified atom stereocenters. The minimum Gasteiger partial charge on any atom is -0.373 e. The lowest BCUT2D eigenvalue weighted by Gasteiger charge is -2.17. The lowest BCUT2D eigenvalue weighted by Crippen LogP contribution is -2.10.